The van der Waals surface area contributed by atoms with Crippen LogP contribution in [0.5, 0.6) is 5.75 Å². The summed E-state index contributed by atoms with van der Waals surface area (Å²) in [5, 5.41) is 0. The minimum absolute atomic E-state index is 0.0205. The Hall–Kier alpha value is -1.74. The largest absolute Gasteiger partial charge is 0.496 e. The molecule has 2 aromatic carbocycles. The summed E-state index contributed by atoms with van der Waals surface area (Å²) in [6.45, 7) is 1.53. The summed E-state index contributed by atoms with van der Waals surface area (Å²) >= 11 is 3.21. The van der Waals surface area contributed by atoms with Crippen molar-refractivity contribution >= 4 is 31.6 Å². The molecule has 0 aromatic heterocycles. The third-order valence-electron chi connectivity index (χ3n) is 3.46. The molecule has 0 spiro atoms. The first-order valence-corrected chi connectivity index (χ1v) is 9.38. The molecule has 0 N–H and O–H groups in total. The lowest BCUT2D eigenvalue weighted by molar-refractivity contribution is -0.137. The van der Waals surface area contributed by atoms with Crippen LogP contribution < -0.4 is 9.04 Å². The molecule has 0 fully saturated rings. The summed E-state index contributed by atoms with van der Waals surface area (Å²) in [5.74, 6) is 0.445. The Bertz CT molecular complexity index is 869. The SMILES string of the molecule is CCN(c1cccc(C(F)(F)F)c1)S(=O)(=O)c1ccc(OC)c(Br)c1. The molecule has 2 aromatic rings. The predicted molar refractivity (Wildman–Crippen MR) is 92.3 cm³/mol. The second-order valence-corrected chi connectivity index (χ2v) is 7.73. The highest BCUT2D eigenvalue weighted by Gasteiger charge is 2.32. The molecular formula is C16H15BrF3NO3S. The fraction of sp³-hybridized carbons (Fsp3) is 0.250. The molecule has 0 aliphatic heterocycles. The van der Waals surface area contributed by atoms with E-state index in [-0.39, 0.29) is 17.1 Å². The Morgan fingerprint density at radius 3 is 2.36 bits per heavy atom. The van der Waals surface area contributed by atoms with Crippen LogP contribution >= 0.6 is 15.9 Å². The van der Waals surface area contributed by atoms with Crippen LogP contribution in [0, 0.1) is 0 Å². The predicted octanol–water partition coefficient (Wildman–Crippen LogP) is 4.69. The van der Waals surface area contributed by atoms with Gasteiger partial charge in [0.05, 0.1) is 27.7 Å². The van der Waals surface area contributed by atoms with E-state index in [1.807, 2.05) is 0 Å². The molecule has 0 saturated heterocycles. The van der Waals surface area contributed by atoms with Crippen molar-refractivity contribution in [3.05, 3.63) is 52.5 Å². The second-order valence-electron chi connectivity index (χ2n) is 5.01. The zero-order valence-corrected chi connectivity index (χ0v) is 15.7. The molecule has 4 nitrogen and oxygen atoms in total. The van der Waals surface area contributed by atoms with Gasteiger partial charge in [0.15, 0.2) is 0 Å². The van der Waals surface area contributed by atoms with Crippen molar-refractivity contribution in [3.63, 3.8) is 0 Å². The molecule has 0 bridgehead atoms. The molecule has 0 heterocycles. The third-order valence-corrected chi connectivity index (χ3v) is 5.98. The van der Waals surface area contributed by atoms with E-state index < -0.39 is 21.8 Å². The number of anilines is 1. The van der Waals surface area contributed by atoms with Gasteiger partial charge >= 0.3 is 6.18 Å². The van der Waals surface area contributed by atoms with Gasteiger partial charge in [-0.3, -0.25) is 4.31 Å². The van der Waals surface area contributed by atoms with Crippen LogP contribution in [-0.2, 0) is 16.2 Å². The van der Waals surface area contributed by atoms with E-state index in [1.54, 1.807) is 6.92 Å². The first-order valence-electron chi connectivity index (χ1n) is 7.14. The minimum Gasteiger partial charge on any atom is -0.496 e. The van der Waals surface area contributed by atoms with Gasteiger partial charge in [0.1, 0.15) is 5.75 Å². The summed E-state index contributed by atoms with van der Waals surface area (Å²) < 4.78 is 70.8. The first-order chi connectivity index (χ1) is 11.6. The first kappa shape index (κ1) is 19.6. The molecule has 0 atom stereocenters. The van der Waals surface area contributed by atoms with Gasteiger partial charge in [0.2, 0.25) is 0 Å². The van der Waals surface area contributed by atoms with Crippen LogP contribution in [0.4, 0.5) is 18.9 Å². The van der Waals surface area contributed by atoms with Crippen LogP contribution in [0.2, 0.25) is 0 Å². The quantitative estimate of drug-likeness (QED) is 0.681. The zero-order chi connectivity index (χ0) is 18.8. The van der Waals surface area contributed by atoms with E-state index >= 15 is 0 Å². The zero-order valence-electron chi connectivity index (χ0n) is 13.3. The molecule has 25 heavy (non-hydrogen) atoms. The maximum absolute atomic E-state index is 12.9. The van der Waals surface area contributed by atoms with E-state index in [0.717, 1.165) is 16.4 Å². The summed E-state index contributed by atoms with van der Waals surface area (Å²) in [7, 11) is -2.59. The van der Waals surface area contributed by atoms with Gasteiger partial charge in [-0.2, -0.15) is 13.2 Å². The average Bonchev–Trinajstić information content (AvgIpc) is 2.54. The van der Waals surface area contributed by atoms with Crippen molar-refractivity contribution in [2.75, 3.05) is 18.0 Å². The lowest BCUT2D eigenvalue weighted by Gasteiger charge is -2.24. The fourth-order valence-electron chi connectivity index (χ4n) is 2.26. The third kappa shape index (κ3) is 4.09. The maximum Gasteiger partial charge on any atom is 0.416 e. The van der Waals surface area contributed by atoms with Crippen LogP contribution in [0.15, 0.2) is 51.8 Å². The Morgan fingerprint density at radius 2 is 1.84 bits per heavy atom. The van der Waals surface area contributed by atoms with Gasteiger partial charge in [-0.05, 0) is 59.3 Å². The average molecular weight is 438 g/mol. The Labute approximate surface area is 152 Å². The van der Waals surface area contributed by atoms with Gasteiger partial charge in [0, 0.05) is 6.54 Å². The lowest BCUT2D eigenvalue weighted by atomic mass is 10.2. The molecule has 136 valence electrons. The van der Waals surface area contributed by atoms with Crippen molar-refractivity contribution in [2.24, 2.45) is 0 Å². The van der Waals surface area contributed by atoms with Crippen molar-refractivity contribution < 1.29 is 26.3 Å². The highest BCUT2D eigenvalue weighted by molar-refractivity contribution is 9.10. The number of hydrogen-bond donors (Lipinski definition) is 0. The van der Waals surface area contributed by atoms with Gasteiger partial charge < -0.3 is 4.74 Å². The van der Waals surface area contributed by atoms with E-state index in [2.05, 4.69) is 15.9 Å². The number of benzene rings is 2. The van der Waals surface area contributed by atoms with E-state index in [9.17, 15) is 21.6 Å². The maximum atomic E-state index is 12.9. The number of rotatable bonds is 5. The van der Waals surface area contributed by atoms with Crippen molar-refractivity contribution in [3.8, 4) is 5.75 Å². The minimum atomic E-state index is -4.55. The standard InChI is InChI=1S/C16H15BrF3NO3S/c1-3-21(12-6-4-5-11(9-12)16(18,19)20)25(22,23)13-7-8-15(24-2)14(17)10-13/h4-10H,3H2,1-2H3. The summed E-state index contributed by atoms with van der Waals surface area (Å²) in [6, 6.07) is 8.39. The Balaban J connectivity index is 2.51. The highest BCUT2D eigenvalue weighted by Crippen LogP contribution is 2.34. The smallest absolute Gasteiger partial charge is 0.416 e. The number of ether oxygens (including phenoxy) is 1. The molecule has 0 saturated carbocycles. The van der Waals surface area contributed by atoms with Crippen molar-refractivity contribution in [1.82, 2.24) is 0 Å². The van der Waals surface area contributed by atoms with Gasteiger partial charge in [-0.1, -0.05) is 6.07 Å². The van der Waals surface area contributed by atoms with Gasteiger partial charge in [-0.15, -0.1) is 0 Å². The van der Waals surface area contributed by atoms with Crippen molar-refractivity contribution in [2.45, 2.75) is 18.0 Å². The number of hydrogen-bond acceptors (Lipinski definition) is 3. The van der Waals surface area contributed by atoms with Crippen LogP contribution in [0.1, 0.15) is 12.5 Å². The number of halogens is 4. The number of sulfonamides is 1. The second kappa shape index (κ2) is 7.25. The van der Waals surface area contributed by atoms with E-state index in [1.165, 1.54) is 37.4 Å². The normalized spacial score (nSPS) is 12.1. The molecule has 2 rings (SSSR count). The summed E-state index contributed by atoms with van der Waals surface area (Å²) in [5.41, 5.74) is -0.959. The molecular weight excluding hydrogens is 423 g/mol. The van der Waals surface area contributed by atoms with Crippen LogP contribution in [0.25, 0.3) is 0 Å². The van der Waals surface area contributed by atoms with Crippen molar-refractivity contribution in [1.29, 1.82) is 0 Å². The van der Waals surface area contributed by atoms with Gasteiger partial charge in [0.25, 0.3) is 10.0 Å². The molecule has 9 heteroatoms. The molecule has 0 aliphatic rings. The number of nitrogens with zero attached hydrogens (tertiary/aromatic N) is 1. The summed E-state index contributed by atoms with van der Waals surface area (Å²) in [4.78, 5) is -0.0561. The molecule has 0 amide bonds. The Morgan fingerprint density at radius 1 is 1.16 bits per heavy atom. The van der Waals surface area contributed by atoms with E-state index in [4.69, 9.17) is 4.74 Å². The topological polar surface area (TPSA) is 46.6 Å². The summed E-state index contributed by atoms with van der Waals surface area (Å²) in [6.07, 6.45) is -4.55. The highest BCUT2D eigenvalue weighted by atomic mass is 79.9. The monoisotopic (exact) mass is 437 g/mol. The molecule has 0 radical (unpaired) electrons. The number of methoxy groups -OCH3 is 1. The Kier molecular flexibility index (Phi) is 5.68. The van der Waals surface area contributed by atoms with Gasteiger partial charge in [-0.25, -0.2) is 8.42 Å². The van der Waals surface area contributed by atoms with E-state index in [0.29, 0.717) is 10.2 Å². The molecule has 0 unspecified atom stereocenters. The molecule has 0 aliphatic carbocycles. The fourth-order valence-corrected chi connectivity index (χ4v) is 4.45. The van der Waals surface area contributed by atoms with Crippen LogP contribution in [-0.4, -0.2) is 22.1 Å². The lowest BCUT2D eigenvalue weighted by Crippen LogP contribution is -2.31. The number of alkyl halides is 3. The van der Waals surface area contributed by atoms with Crippen LogP contribution in [0.3, 0.4) is 0 Å².